The van der Waals surface area contributed by atoms with E-state index in [1.165, 1.54) is 0 Å². The van der Waals surface area contributed by atoms with Gasteiger partial charge >= 0.3 is 6.09 Å². The minimum Gasteiger partial charge on any atom is -0.493 e. The third kappa shape index (κ3) is 5.39. The van der Waals surface area contributed by atoms with Crippen molar-refractivity contribution in [2.75, 3.05) is 26.8 Å². The number of para-hydroxylation sites is 3. The highest BCUT2D eigenvalue weighted by Crippen LogP contribution is 2.25. The SMILES string of the molecule is COc1ccccc1OCC(=O)NC1CCN(C(=O)Oc2ccccc2)CC1. The predicted molar refractivity (Wildman–Crippen MR) is 104 cm³/mol. The number of piperidine rings is 1. The van der Waals surface area contributed by atoms with E-state index in [-0.39, 0.29) is 24.6 Å². The maximum Gasteiger partial charge on any atom is 0.415 e. The van der Waals surface area contributed by atoms with Gasteiger partial charge in [0.05, 0.1) is 7.11 Å². The van der Waals surface area contributed by atoms with Gasteiger partial charge in [0.25, 0.3) is 5.91 Å². The number of nitrogens with zero attached hydrogens (tertiary/aromatic N) is 1. The quantitative estimate of drug-likeness (QED) is 0.829. The lowest BCUT2D eigenvalue weighted by atomic mass is 10.1. The van der Waals surface area contributed by atoms with Crippen LogP contribution in [0.15, 0.2) is 54.6 Å². The molecule has 0 bridgehead atoms. The molecule has 7 heteroatoms. The number of methoxy groups -OCH3 is 1. The van der Waals surface area contributed by atoms with Crippen LogP contribution in [0.2, 0.25) is 0 Å². The van der Waals surface area contributed by atoms with Gasteiger partial charge in [0.1, 0.15) is 5.75 Å². The molecule has 0 unspecified atom stereocenters. The maximum absolute atomic E-state index is 12.2. The van der Waals surface area contributed by atoms with Crippen molar-refractivity contribution in [2.45, 2.75) is 18.9 Å². The standard InChI is InChI=1S/C21H24N2O5/c1-26-18-9-5-6-10-19(18)27-15-20(24)22-16-11-13-23(14-12-16)21(25)28-17-7-3-2-4-8-17/h2-10,16H,11-15H2,1H3,(H,22,24). The lowest BCUT2D eigenvalue weighted by Crippen LogP contribution is -2.48. The second-order valence-electron chi connectivity index (χ2n) is 6.45. The summed E-state index contributed by atoms with van der Waals surface area (Å²) >= 11 is 0. The molecule has 0 atom stereocenters. The van der Waals surface area contributed by atoms with E-state index in [1.54, 1.807) is 36.3 Å². The van der Waals surface area contributed by atoms with Gasteiger partial charge in [-0.05, 0) is 37.1 Å². The van der Waals surface area contributed by atoms with Crippen molar-refractivity contribution >= 4 is 12.0 Å². The number of hydrogen-bond donors (Lipinski definition) is 1. The van der Waals surface area contributed by atoms with Crippen LogP contribution < -0.4 is 19.5 Å². The molecule has 0 aliphatic carbocycles. The second kappa shape index (κ2) is 9.64. The summed E-state index contributed by atoms with van der Waals surface area (Å²) in [5.41, 5.74) is 0. The molecular weight excluding hydrogens is 360 g/mol. The zero-order valence-electron chi connectivity index (χ0n) is 15.8. The van der Waals surface area contributed by atoms with Crippen LogP contribution >= 0.6 is 0 Å². The van der Waals surface area contributed by atoms with Gasteiger partial charge in [-0.2, -0.15) is 0 Å². The van der Waals surface area contributed by atoms with Crippen molar-refractivity contribution in [3.05, 3.63) is 54.6 Å². The van der Waals surface area contributed by atoms with Crippen LogP contribution in [-0.4, -0.2) is 49.7 Å². The molecule has 1 aliphatic heterocycles. The molecule has 148 valence electrons. The fourth-order valence-corrected chi connectivity index (χ4v) is 3.01. The van der Waals surface area contributed by atoms with Crippen molar-refractivity contribution in [3.8, 4) is 17.2 Å². The fraction of sp³-hybridized carbons (Fsp3) is 0.333. The third-order valence-corrected chi connectivity index (χ3v) is 4.49. The van der Waals surface area contributed by atoms with Gasteiger partial charge in [0, 0.05) is 19.1 Å². The molecule has 1 fully saturated rings. The first-order valence-corrected chi connectivity index (χ1v) is 9.22. The zero-order chi connectivity index (χ0) is 19.8. The summed E-state index contributed by atoms with van der Waals surface area (Å²) in [6.07, 6.45) is 0.977. The van der Waals surface area contributed by atoms with E-state index < -0.39 is 0 Å². The Morgan fingerprint density at radius 1 is 1.00 bits per heavy atom. The lowest BCUT2D eigenvalue weighted by molar-refractivity contribution is -0.124. The van der Waals surface area contributed by atoms with E-state index in [4.69, 9.17) is 14.2 Å². The summed E-state index contributed by atoms with van der Waals surface area (Å²) < 4.78 is 16.1. The smallest absolute Gasteiger partial charge is 0.415 e. The first-order chi connectivity index (χ1) is 13.7. The fourth-order valence-electron chi connectivity index (χ4n) is 3.01. The largest absolute Gasteiger partial charge is 0.493 e. The number of hydrogen-bond acceptors (Lipinski definition) is 5. The van der Waals surface area contributed by atoms with E-state index in [9.17, 15) is 9.59 Å². The highest BCUT2D eigenvalue weighted by Gasteiger charge is 2.25. The number of nitrogens with one attached hydrogen (secondary N) is 1. The molecule has 0 saturated carbocycles. The molecule has 2 aromatic carbocycles. The Morgan fingerprint density at radius 2 is 1.64 bits per heavy atom. The van der Waals surface area contributed by atoms with Gasteiger partial charge in [-0.25, -0.2) is 4.79 Å². The second-order valence-corrected chi connectivity index (χ2v) is 6.45. The van der Waals surface area contributed by atoms with Crippen LogP contribution in [0.3, 0.4) is 0 Å². The minimum atomic E-state index is -0.365. The first kappa shape index (κ1) is 19.5. The molecule has 2 amide bonds. The Hall–Kier alpha value is -3.22. The van der Waals surface area contributed by atoms with Gasteiger partial charge in [0.15, 0.2) is 18.1 Å². The van der Waals surface area contributed by atoms with E-state index in [0.717, 1.165) is 0 Å². The van der Waals surface area contributed by atoms with Crippen LogP contribution in [0, 0.1) is 0 Å². The topological polar surface area (TPSA) is 77.1 Å². The van der Waals surface area contributed by atoms with Crippen molar-refractivity contribution in [1.82, 2.24) is 10.2 Å². The molecule has 7 nitrogen and oxygen atoms in total. The number of benzene rings is 2. The number of carbonyl (C=O) groups excluding carboxylic acids is 2. The predicted octanol–water partition coefficient (Wildman–Crippen LogP) is 2.85. The normalized spacial score (nSPS) is 14.2. The number of carbonyl (C=O) groups is 2. The van der Waals surface area contributed by atoms with E-state index in [1.807, 2.05) is 30.3 Å². The zero-order valence-corrected chi connectivity index (χ0v) is 15.8. The number of rotatable bonds is 6. The molecule has 1 heterocycles. The van der Waals surface area contributed by atoms with Crippen molar-refractivity contribution in [2.24, 2.45) is 0 Å². The highest BCUT2D eigenvalue weighted by molar-refractivity contribution is 5.78. The Labute approximate surface area is 164 Å². The highest BCUT2D eigenvalue weighted by atomic mass is 16.6. The Morgan fingerprint density at radius 3 is 2.32 bits per heavy atom. The summed E-state index contributed by atoms with van der Waals surface area (Å²) in [5, 5.41) is 2.95. The average Bonchev–Trinajstić information content (AvgIpc) is 2.73. The van der Waals surface area contributed by atoms with Crippen molar-refractivity contribution in [1.29, 1.82) is 0 Å². The molecule has 3 rings (SSSR count). The lowest BCUT2D eigenvalue weighted by Gasteiger charge is -2.31. The average molecular weight is 384 g/mol. The van der Waals surface area contributed by atoms with Gasteiger partial charge in [-0.15, -0.1) is 0 Å². The molecule has 28 heavy (non-hydrogen) atoms. The number of ether oxygens (including phenoxy) is 3. The Balaban J connectivity index is 1.40. The summed E-state index contributed by atoms with van der Waals surface area (Å²) in [7, 11) is 1.55. The van der Waals surface area contributed by atoms with E-state index in [2.05, 4.69) is 5.32 Å². The minimum absolute atomic E-state index is 0.00884. The van der Waals surface area contributed by atoms with Crippen LogP contribution in [0.5, 0.6) is 17.2 Å². The maximum atomic E-state index is 12.2. The van der Waals surface area contributed by atoms with Crippen LogP contribution in [0.4, 0.5) is 4.79 Å². The Bertz CT molecular complexity index is 788. The first-order valence-electron chi connectivity index (χ1n) is 9.22. The molecular formula is C21H24N2O5. The summed E-state index contributed by atoms with van der Waals surface area (Å²) in [4.78, 5) is 26.0. The van der Waals surface area contributed by atoms with E-state index >= 15 is 0 Å². The molecule has 0 spiro atoms. The summed E-state index contributed by atoms with van der Waals surface area (Å²) in [5.74, 6) is 1.44. The Kier molecular flexibility index (Phi) is 6.73. The third-order valence-electron chi connectivity index (χ3n) is 4.49. The molecule has 1 saturated heterocycles. The van der Waals surface area contributed by atoms with Gasteiger partial charge in [0.2, 0.25) is 0 Å². The van der Waals surface area contributed by atoms with Crippen molar-refractivity contribution in [3.63, 3.8) is 0 Å². The monoisotopic (exact) mass is 384 g/mol. The molecule has 2 aromatic rings. The van der Waals surface area contributed by atoms with Gasteiger partial charge in [-0.1, -0.05) is 30.3 Å². The summed E-state index contributed by atoms with van der Waals surface area (Å²) in [6, 6.07) is 16.2. The van der Waals surface area contributed by atoms with Crippen LogP contribution in [-0.2, 0) is 4.79 Å². The van der Waals surface area contributed by atoms with Crippen LogP contribution in [0.1, 0.15) is 12.8 Å². The molecule has 0 aromatic heterocycles. The van der Waals surface area contributed by atoms with Crippen LogP contribution in [0.25, 0.3) is 0 Å². The number of amides is 2. The van der Waals surface area contributed by atoms with Gasteiger partial charge in [-0.3, -0.25) is 4.79 Å². The molecule has 1 N–H and O–H groups in total. The van der Waals surface area contributed by atoms with Crippen molar-refractivity contribution < 1.29 is 23.8 Å². The van der Waals surface area contributed by atoms with E-state index in [0.29, 0.717) is 43.2 Å². The molecule has 1 aliphatic rings. The summed E-state index contributed by atoms with van der Waals surface area (Å²) in [6.45, 7) is 0.977. The van der Waals surface area contributed by atoms with Gasteiger partial charge < -0.3 is 24.4 Å². The molecule has 0 radical (unpaired) electrons. The number of likely N-dealkylation sites (tertiary alicyclic amines) is 1.